The predicted octanol–water partition coefficient (Wildman–Crippen LogP) is 2.12. The van der Waals surface area contributed by atoms with Crippen LogP contribution in [-0.4, -0.2) is 54.8 Å². The van der Waals surface area contributed by atoms with E-state index < -0.39 is 27.3 Å². The van der Waals surface area contributed by atoms with E-state index in [9.17, 15) is 18.0 Å². The van der Waals surface area contributed by atoms with Gasteiger partial charge in [0.15, 0.2) is 5.37 Å². The molecule has 9 nitrogen and oxygen atoms in total. The molecule has 0 aliphatic carbocycles. The van der Waals surface area contributed by atoms with E-state index in [0.717, 1.165) is 19.3 Å². The van der Waals surface area contributed by atoms with Crippen LogP contribution in [0.15, 0.2) is 48.5 Å². The third-order valence-corrected chi connectivity index (χ3v) is 6.74. The molecule has 2 aliphatic heterocycles. The second-order valence-electron chi connectivity index (χ2n) is 8.05. The summed E-state index contributed by atoms with van der Waals surface area (Å²) < 4.78 is 37.0. The number of amides is 2. The quantitative estimate of drug-likeness (QED) is 0.472. The monoisotopic (exact) mass is 459 g/mol. The number of anilines is 2. The van der Waals surface area contributed by atoms with Crippen molar-refractivity contribution in [1.82, 2.24) is 4.90 Å². The molecule has 1 saturated heterocycles. The summed E-state index contributed by atoms with van der Waals surface area (Å²) in [7, 11) is -4.30. The van der Waals surface area contributed by atoms with E-state index in [4.69, 9.17) is 9.29 Å². The Morgan fingerprint density at radius 1 is 1.12 bits per heavy atom. The van der Waals surface area contributed by atoms with Crippen LogP contribution in [0.25, 0.3) is 0 Å². The van der Waals surface area contributed by atoms with E-state index in [-0.39, 0.29) is 6.61 Å². The lowest BCUT2D eigenvalue weighted by molar-refractivity contribution is -0.144. The van der Waals surface area contributed by atoms with Crippen molar-refractivity contribution in [3.05, 3.63) is 54.1 Å². The number of carbonyl (C=O) groups is 2. The molecule has 2 heterocycles. The highest BCUT2D eigenvalue weighted by molar-refractivity contribution is 7.86. The van der Waals surface area contributed by atoms with Crippen LogP contribution in [0.4, 0.5) is 11.4 Å². The molecular weight excluding hydrogens is 434 g/mol. The van der Waals surface area contributed by atoms with Crippen LogP contribution in [-0.2, 0) is 26.1 Å². The normalized spacial score (nSPS) is 18.8. The van der Waals surface area contributed by atoms with Gasteiger partial charge in [0.2, 0.25) is 0 Å². The fourth-order valence-electron chi connectivity index (χ4n) is 4.00. The molecule has 2 amide bonds. The van der Waals surface area contributed by atoms with Gasteiger partial charge in [-0.2, -0.15) is 8.42 Å². The maximum Gasteiger partial charge on any atom is 0.313 e. The number of hydrogen-bond acceptors (Lipinski definition) is 6. The first-order chi connectivity index (χ1) is 15.3. The number of rotatable bonds is 4. The minimum Gasteiger partial charge on any atom is -0.488 e. The van der Waals surface area contributed by atoms with E-state index in [2.05, 4.69) is 22.8 Å². The van der Waals surface area contributed by atoms with Crippen molar-refractivity contribution < 1.29 is 27.3 Å². The first kappa shape index (κ1) is 22.1. The number of nitrogens with one attached hydrogen (secondary N) is 2. The maximum absolute atomic E-state index is 12.6. The van der Waals surface area contributed by atoms with Crippen LogP contribution in [0, 0.1) is 5.92 Å². The fourth-order valence-corrected chi connectivity index (χ4v) is 4.51. The number of ether oxygens (including phenoxy) is 1. The van der Waals surface area contributed by atoms with E-state index in [1.54, 1.807) is 4.90 Å². The molecule has 170 valence electrons. The Morgan fingerprint density at radius 3 is 2.53 bits per heavy atom. The smallest absolute Gasteiger partial charge is 0.313 e. The minimum atomic E-state index is -4.30. The number of piperidine rings is 1. The molecule has 0 saturated carbocycles. The zero-order valence-electron chi connectivity index (χ0n) is 17.4. The lowest BCUT2D eigenvalue weighted by Crippen LogP contribution is -2.44. The third-order valence-electron chi connectivity index (χ3n) is 5.77. The zero-order valence-corrected chi connectivity index (χ0v) is 18.2. The van der Waals surface area contributed by atoms with Gasteiger partial charge in [-0.05, 0) is 42.9 Å². The van der Waals surface area contributed by atoms with Crippen LogP contribution >= 0.6 is 0 Å². The summed E-state index contributed by atoms with van der Waals surface area (Å²) in [5.41, 5.74) is 2.00. The van der Waals surface area contributed by atoms with Crippen LogP contribution < -0.4 is 15.4 Å². The lowest BCUT2D eigenvalue weighted by atomic mass is 9.90. The van der Waals surface area contributed by atoms with E-state index in [1.165, 1.54) is 23.8 Å². The van der Waals surface area contributed by atoms with Crippen molar-refractivity contribution in [2.24, 2.45) is 5.92 Å². The van der Waals surface area contributed by atoms with Crippen molar-refractivity contribution in [2.75, 3.05) is 30.3 Å². The van der Waals surface area contributed by atoms with Gasteiger partial charge in [0.05, 0.1) is 5.69 Å². The number of fused-ring (bicyclic) bond motifs is 1. The summed E-state index contributed by atoms with van der Waals surface area (Å²) in [4.78, 5) is 26.6. The highest BCUT2D eigenvalue weighted by Gasteiger charge is 2.30. The molecule has 2 aromatic rings. The van der Waals surface area contributed by atoms with Gasteiger partial charge >= 0.3 is 11.8 Å². The highest BCUT2D eigenvalue weighted by atomic mass is 32.2. The predicted molar refractivity (Wildman–Crippen MR) is 119 cm³/mol. The molecule has 32 heavy (non-hydrogen) atoms. The van der Waals surface area contributed by atoms with E-state index in [0.29, 0.717) is 36.1 Å². The SMILES string of the molecule is O=C(Nc1ccc2c(c1)OCC(S(=O)(=O)O)N2)C(=O)N1CCC(Cc2ccccc2)CC1. The second kappa shape index (κ2) is 9.17. The van der Waals surface area contributed by atoms with Gasteiger partial charge in [-0.15, -0.1) is 0 Å². The van der Waals surface area contributed by atoms with Crippen LogP contribution in [0.1, 0.15) is 18.4 Å². The minimum absolute atomic E-state index is 0.278. The van der Waals surface area contributed by atoms with Crippen molar-refractivity contribution >= 4 is 33.3 Å². The number of hydrogen-bond donors (Lipinski definition) is 3. The van der Waals surface area contributed by atoms with Gasteiger partial charge in [0.25, 0.3) is 10.1 Å². The lowest BCUT2D eigenvalue weighted by Gasteiger charge is -2.31. The number of benzene rings is 2. The Hall–Kier alpha value is -3.11. The summed E-state index contributed by atoms with van der Waals surface area (Å²) in [6.45, 7) is 0.802. The van der Waals surface area contributed by atoms with Crippen molar-refractivity contribution in [1.29, 1.82) is 0 Å². The Kier molecular flexibility index (Phi) is 6.33. The largest absolute Gasteiger partial charge is 0.488 e. The molecule has 10 heteroatoms. The van der Waals surface area contributed by atoms with Crippen molar-refractivity contribution in [3.63, 3.8) is 0 Å². The number of carbonyl (C=O) groups excluding carboxylic acids is 2. The van der Waals surface area contributed by atoms with Crippen molar-refractivity contribution in [2.45, 2.75) is 24.6 Å². The van der Waals surface area contributed by atoms with Gasteiger partial charge in [0.1, 0.15) is 12.4 Å². The number of nitrogens with zero attached hydrogens (tertiary/aromatic N) is 1. The van der Waals surface area contributed by atoms with Crippen LogP contribution in [0.2, 0.25) is 0 Å². The average Bonchev–Trinajstić information content (AvgIpc) is 2.79. The molecular formula is C22H25N3O6S. The van der Waals surface area contributed by atoms with Gasteiger partial charge in [-0.25, -0.2) is 0 Å². The first-order valence-electron chi connectivity index (χ1n) is 10.4. The molecule has 2 aliphatic rings. The number of likely N-dealkylation sites (tertiary alicyclic amines) is 1. The molecule has 0 spiro atoms. The highest BCUT2D eigenvalue weighted by Crippen LogP contribution is 2.32. The molecule has 0 radical (unpaired) electrons. The molecule has 1 atom stereocenters. The van der Waals surface area contributed by atoms with Crippen LogP contribution in [0.3, 0.4) is 0 Å². The molecule has 0 aromatic heterocycles. The fraction of sp³-hybridized carbons (Fsp3) is 0.364. The summed E-state index contributed by atoms with van der Waals surface area (Å²) in [5, 5.41) is 3.98. The summed E-state index contributed by atoms with van der Waals surface area (Å²) >= 11 is 0. The second-order valence-corrected chi connectivity index (χ2v) is 9.65. The van der Waals surface area contributed by atoms with Gasteiger partial charge < -0.3 is 20.3 Å². The summed E-state index contributed by atoms with van der Waals surface area (Å²) in [6.07, 6.45) is 2.67. The molecule has 1 fully saturated rings. The Bertz CT molecular complexity index is 1100. The van der Waals surface area contributed by atoms with E-state index in [1.807, 2.05) is 18.2 Å². The first-order valence-corrected chi connectivity index (χ1v) is 11.9. The molecule has 4 rings (SSSR count). The van der Waals surface area contributed by atoms with Gasteiger partial charge in [-0.1, -0.05) is 30.3 Å². The standard InChI is InChI=1S/C22H25N3O6S/c26-21(22(27)25-10-8-16(9-11-25)12-15-4-2-1-3-5-15)23-17-6-7-18-19(13-17)31-14-20(24-18)32(28,29)30/h1-7,13,16,20,24H,8-12,14H2,(H,23,26)(H,28,29,30). The van der Waals surface area contributed by atoms with Crippen molar-refractivity contribution in [3.8, 4) is 5.75 Å². The topological polar surface area (TPSA) is 125 Å². The van der Waals surface area contributed by atoms with Gasteiger partial charge in [-0.3, -0.25) is 14.1 Å². The Balaban J connectivity index is 1.30. The Labute approximate surface area is 186 Å². The van der Waals surface area contributed by atoms with E-state index >= 15 is 0 Å². The summed E-state index contributed by atoms with van der Waals surface area (Å²) in [5.74, 6) is -0.504. The third kappa shape index (κ3) is 5.20. The molecule has 3 N–H and O–H groups in total. The van der Waals surface area contributed by atoms with Crippen LogP contribution in [0.5, 0.6) is 5.75 Å². The molecule has 2 aromatic carbocycles. The summed E-state index contributed by atoms with van der Waals surface area (Å²) in [6, 6.07) is 14.8. The zero-order chi connectivity index (χ0) is 22.7. The molecule has 1 unspecified atom stereocenters. The maximum atomic E-state index is 12.6. The molecule has 0 bridgehead atoms. The van der Waals surface area contributed by atoms with Gasteiger partial charge in [0, 0.05) is 24.8 Å². The Morgan fingerprint density at radius 2 is 1.84 bits per heavy atom. The average molecular weight is 460 g/mol.